The number of amides is 2. The van der Waals surface area contributed by atoms with Crippen molar-refractivity contribution < 1.29 is 9.59 Å². The number of nitrogens with zero attached hydrogens (tertiary/aromatic N) is 2. The molecule has 1 fully saturated rings. The van der Waals surface area contributed by atoms with Gasteiger partial charge in [0, 0.05) is 43.3 Å². The number of aromatic nitrogens is 1. The van der Waals surface area contributed by atoms with Crippen LogP contribution in [0.4, 0.5) is 0 Å². The summed E-state index contributed by atoms with van der Waals surface area (Å²) >= 11 is 0. The van der Waals surface area contributed by atoms with Crippen molar-refractivity contribution in [2.75, 3.05) is 39.8 Å². The van der Waals surface area contributed by atoms with E-state index in [0.717, 1.165) is 16.5 Å². The molecule has 2 amide bonds. The van der Waals surface area contributed by atoms with E-state index in [4.69, 9.17) is 0 Å². The second kappa shape index (κ2) is 8.17. The molecule has 0 unspecified atom stereocenters. The van der Waals surface area contributed by atoms with Crippen molar-refractivity contribution in [3.8, 4) is 0 Å². The minimum Gasteiger partial charge on any atom is -0.361 e. The minimum absolute atomic E-state index is 0. The summed E-state index contributed by atoms with van der Waals surface area (Å²) in [5, 5.41) is 3.97. The van der Waals surface area contributed by atoms with Gasteiger partial charge in [0.05, 0.1) is 13.0 Å². The second-order valence-electron chi connectivity index (χ2n) is 5.83. The van der Waals surface area contributed by atoms with E-state index in [-0.39, 0.29) is 24.2 Å². The number of nitrogens with one attached hydrogen (secondary N) is 2. The average molecular weight is 351 g/mol. The maximum absolute atomic E-state index is 12.5. The van der Waals surface area contributed by atoms with E-state index < -0.39 is 0 Å². The van der Waals surface area contributed by atoms with Crippen molar-refractivity contribution in [3.63, 3.8) is 0 Å². The molecule has 7 heteroatoms. The molecule has 1 saturated heterocycles. The summed E-state index contributed by atoms with van der Waals surface area (Å²) in [4.78, 5) is 31.2. The number of rotatable bonds is 4. The summed E-state index contributed by atoms with van der Waals surface area (Å²) in [6.45, 7) is 2.79. The van der Waals surface area contributed by atoms with E-state index in [2.05, 4.69) is 10.3 Å². The number of piperazine rings is 1. The van der Waals surface area contributed by atoms with Crippen LogP contribution < -0.4 is 5.32 Å². The van der Waals surface area contributed by atoms with Crippen molar-refractivity contribution in [2.45, 2.75) is 6.42 Å². The van der Waals surface area contributed by atoms with Crippen LogP contribution in [0.2, 0.25) is 0 Å². The molecule has 1 aliphatic rings. The number of benzene rings is 1. The number of H-pyrrole nitrogens is 1. The van der Waals surface area contributed by atoms with E-state index in [0.29, 0.717) is 39.1 Å². The van der Waals surface area contributed by atoms with Crippen LogP contribution in [0.25, 0.3) is 10.9 Å². The zero-order chi connectivity index (χ0) is 16.2. The Bertz CT molecular complexity index is 707. The first-order valence-corrected chi connectivity index (χ1v) is 7.94. The molecule has 1 aromatic carbocycles. The molecule has 2 heterocycles. The second-order valence-corrected chi connectivity index (χ2v) is 5.83. The number of carbonyl (C=O) groups excluding carboxylic acids is 2. The Hall–Kier alpha value is -2.05. The highest BCUT2D eigenvalue weighted by atomic mass is 35.5. The van der Waals surface area contributed by atoms with E-state index in [1.165, 1.54) is 0 Å². The average Bonchev–Trinajstić information content (AvgIpc) is 2.98. The van der Waals surface area contributed by atoms with Gasteiger partial charge in [-0.15, -0.1) is 12.4 Å². The molecule has 24 heavy (non-hydrogen) atoms. The van der Waals surface area contributed by atoms with Gasteiger partial charge in [-0.1, -0.05) is 18.2 Å². The fourth-order valence-electron chi connectivity index (χ4n) is 3.02. The number of likely N-dealkylation sites (N-methyl/N-ethyl adjacent to an activating group) is 1. The van der Waals surface area contributed by atoms with Crippen LogP contribution in [0, 0.1) is 0 Å². The molecule has 2 N–H and O–H groups in total. The molecule has 1 aromatic heterocycles. The smallest absolute Gasteiger partial charge is 0.236 e. The van der Waals surface area contributed by atoms with Gasteiger partial charge in [-0.25, -0.2) is 0 Å². The van der Waals surface area contributed by atoms with Crippen molar-refractivity contribution in [2.24, 2.45) is 0 Å². The largest absolute Gasteiger partial charge is 0.361 e. The van der Waals surface area contributed by atoms with Gasteiger partial charge in [0.25, 0.3) is 0 Å². The highest BCUT2D eigenvalue weighted by molar-refractivity contribution is 5.89. The summed E-state index contributed by atoms with van der Waals surface area (Å²) in [6, 6.07) is 8.00. The molecule has 0 saturated carbocycles. The van der Waals surface area contributed by atoms with Gasteiger partial charge in [0.2, 0.25) is 11.8 Å². The highest BCUT2D eigenvalue weighted by Gasteiger charge is 2.24. The maximum atomic E-state index is 12.5. The van der Waals surface area contributed by atoms with Crippen LogP contribution in [-0.4, -0.2) is 66.4 Å². The van der Waals surface area contributed by atoms with E-state index >= 15 is 0 Å². The van der Waals surface area contributed by atoms with Gasteiger partial charge in [-0.3, -0.25) is 9.59 Å². The summed E-state index contributed by atoms with van der Waals surface area (Å²) < 4.78 is 0. The SMILES string of the molecule is CNCC(=O)N1CCN(C(=O)Cc2c[nH]c3ccccc23)CC1.Cl. The molecule has 0 radical (unpaired) electrons. The number of carbonyl (C=O) groups is 2. The van der Waals surface area contributed by atoms with Crippen LogP contribution in [0.3, 0.4) is 0 Å². The molecule has 6 nitrogen and oxygen atoms in total. The lowest BCUT2D eigenvalue weighted by molar-refractivity contribution is -0.138. The third-order valence-corrected chi connectivity index (χ3v) is 4.33. The normalized spacial score (nSPS) is 14.5. The fraction of sp³-hybridized carbons (Fsp3) is 0.412. The number of fused-ring (bicyclic) bond motifs is 1. The number of hydrogen-bond donors (Lipinski definition) is 2. The van der Waals surface area contributed by atoms with E-state index in [1.54, 1.807) is 7.05 Å². The third-order valence-electron chi connectivity index (χ3n) is 4.33. The molecule has 1 aliphatic heterocycles. The molecule has 3 rings (SSSR count). The quantitative estimate of drug-likeness (QED) is 0.865. The lowest BCUT2D eigenvalue weighted by Crippen LogP contribution is -2.52. The van der Waals surface area contributed by atoms with Gasteiger partial charge >= 0.3 is 0 Å². The Morgan fingerprint density at radius 3 is 2.38 bits per heavy atom. The zero-order valence-corrected chi connectivity index (χ0v) is 14.6. The van der Waals surface area contributed by atoms with Gasteiger partial charge in [0.15, 0.2) is 0 Å². The van der Waals surface area contributed by atoms with Crippen molar-refractivity contribution in [1.29, 1.82) is 0 Å². The first-order valence-electron chi connectivity index (χ1n) is 7.94. The standard InChI is InChI=1S/C17H22N4O2.ClH/c1-18-12-17(23)21-8-6-20(7-9-21)16(22)10-13-11-19-15-5-3-2-4-14(13)15;/h2-5,11,18-19H,6-10,12H2,1H3;1H. The van der Waals surface area contributed by atoms with Gasteiger partial charge in [0.1, 0.15) is 0 Å². The lowest BCUT2D eigenvalue weighted by atomic mass is 10.1. The van der Waals surface area contributed by atoms with E-state index in [9.17, 15) is 9.59 Å². The highest BCUT2D eigenvalue weighted by Crippen LogP contribution is 2.19. The Morgan fingerprint density at radius 2 is 1.71 bits per heavy atom. The third kappa shape index (κ3) is 3.88. The Balaban J connectivity index is 0.00000208. The zero-order valence-electron chi connectivity index (χ0n) is 13.7. The van der Waals surface area contributed by atoms with Gasteiger partial charge in [-0.05, 0) is 18.7 Å². The lowest BCUT2D eigenvalue weighted by Gasteiger charge is -2.34. The monoisotopic (exact) mass is 350 g/mol. The molecule has 0 spiro atoms. The Morgan fingerprint density at radius 1 is 1.08 bits per heavy atom. The summed E-state index contributed by atoms with van der Waals surface area (Å²) in [7, 11) is 1.76. The minimum atomic E-state index is 0. The molecule has 130 valence electrons. The maximum Gasteiger partial charge on any atom is 0.236 e. The number of halogens is 1. The summed E-state index contributed by atoms with van der Waals surface area (Å²) in [6.07, 6.45) is 2.31. The predicted octanol–water partition coefficient (Wildman–Crippen LogP) is 1.02. The van der Waals surface area contributed by atoms with Crippen LogP contribution in [-0.2, 0) is 16.0 Å². The first-order chi connectivity index (χ1) is 11.2. The number of para-hydroxylation sites is 1. The predicted molar refractivity (Wildman–Crippen MR) is 96.3 cm³/mol. The molecule has 0 atom stereocenters. The first kappa shape index (κ1) is 18.3. The summed E-state index contributed by atoms with van der Waals surface area (Å²) in [5.74, 6) is 0.215. The van der Waals surface area contributed by atoms with Crippen LogP contribution >= 0.6 is 12.4 Å². The fourth-order valence-corrected chi connectivity index (χ4v) is 3.02. The van der Waals surface area contributed by atoms with Gasteiger partial charge < -0.3 is 20.1 Å². The molecule has 0 bridgehead atoms. The topological polar surface area (TPSA) is 68.4 Å². The van der Waals surface area contributed by atoms with Crippen LogP contribution in [0.15, 0.2) is 30.5 Å². The molecule has 2 aromatic rings. The molecular formula is C17H23ClN4O2. The van der Waals surface area contributed by atoms with Crippen molar-refractivity contribution in [3.05, 3.63) is 36.0 Å². The van der Waals surface area contributed by atoms with Gasteiger partial charge in [-0.2, -0.15) is 0 Å². The van der Waals surface area contributed by atoms with E-state index in [1.807, 2.05) is 40.3 Å². The summed E-state index contributed by atoms with van der Waals surface area (Å²) in [5.41, 5.74) is 2.08. The number of aromatic amines is 1. The molecular weight excluding hydrogens is 328 g/mol. The number of hydrogen-bond acceptors (Lipinski definition) is 3. The molecule has 0 aliphatic carbocycles. The van der Waals surface area contributed by atoms with Crippen molar-refractivity contribution in [1.82, 2.24) is 20.1 Å². The Labute approximate surface area is 147 Å². The Kier molecular flexibility index (Phi) is 6.23. The van der Waals surface area contributed by atoms with Crippen LogP contribution in [0.1, 0.15) is 5.56 Å². The van der Waals surface area contributed by atoms with Crippen LogP contribution in [0.5, 0.6) is 0 Å². The van der Waals surface area contributed by atoms with Crippen molar-refractivity contribution >= 4 is 35.1 Å².